The summed E-state index contributed by atoms with van der Waals surface area (Å²) in [5, 5.41) is 2.43. The van der Waals surface area contributed by atoms with Gasteiger partial charge in [-0.1, -0.05) is 6.42 Å². The molecule has 3 nitrogen and oxygen atoms in total. The van der Waals surface area contributed by atoms with Gasteiger partial charge in [-0.2, -0.15) is 13.2 Å². The van der Waals surface area contributed by atoms with Crippen molar-refractivity contribution in [3.63, 3.8) is 0 Å². The Hall–Kier alpha value is -0.780. The van der Waals surface area contributed by atoms with E-state index < -0.39 is 18.6 Å². The molecule has 1 aliphatic carbocycles. The Kier molecular flexibility index (Phi) is 4.80. The molecule has 0 saturated heterocycles. The number of hydrogen-bond acceptors (Lipinski definition) is 2. The van der Waals surface area contributed by atoms with Crippen molar-refractivity contribution < 1.29 is 18.0 Å². The lowest BCUT2D eigenvalue weighted by molar-refractivity contribution is -0.142. The van der Waals surface area contributed by atoms with Gasteiger partial charge in [0.2, 0.25) is 5.91 Å². The first kappa shape index (κ1) is 14.3. The monoisotopic (exact) mass is 252 g/mol. The summed E-state index contributed by atoms with van der Waals surface area (Å²) in [6, 6.07) is -0.874. The predicted octanol–water partition coefficient (Wildman–Crippen LogP) is 1.82. The van der Waals surface area contributed by atoms with Crippen LogP contribution in [-0.2, 0) is 4.79 Å². The summed E-state index contributed by atoms with van der Waals surface area (Å²) in [5.41, 5.74) is 5.53. The molecule has 1 saturated carbocycles. The van der Waals surface area contributed by atoms with Crippen LogP contribution in [0.1, 0.15) is 32.6 Å². The van der Waals surface area contributed by atoms with Gasteiger partial charge >= 0.3 is 6.18 Å². The highest BCUT2D eigenvalue weighted by molar-refractivity contribution is 5.79. The number of carbonyl (C=O) groups is 1. The van der Waals surface area contributed by atoms with Gasteiger partial charge in [-0.3, -0.25) is 4.79 Å². The molecule has 100 valence electrons. The van der Waals surface area contributed by atoms with E-state index >= 15 is 0 Å². The summed E-state index contributed by atoms with van der Waals surface area (Å²) >= 11 is 0. The molecule has 3 N–H and O–H groups in total. The van der Waals surface area contributed by atoms with Crippen LogP contribution in [-0.4, -0.2) is 24.7 Å². The first-order valence-electron chi connectivity index (χ1n) is 5.90. The van der Waals surface area contributed by atoms with E-state index in [0.717, 1.165) is 19.3 Å². The molecule has 6 heteroatoms. The van der Waals surface area contributed by atoms with Gasteiger partial charge in [-0.15, -0.1) is 0 Å². The molecule has 1 aliphatic rings. The zero-order valence-electron chi connectivity index (χ0n) is 9.89. The van der Waals surface area contributed by atoms with Gasteiger partial charge < -0.3 is 11.1 Å². The molecule has 0 spiro atoms. The van der Waals surface area contributed by atoms with Crippen molar-refractivity contribution in [3.8, 4) is 0 Å². The smallest absolute Gasteiger partial charge is 0.353 e. The highest BCUT2D eigenvalue weighted by atomic mass is 19.4. The van der Waals surface area contributed by atoms with Gasteiger partial charge in [0.1, 0.15) is 0 Å². The minimum absolute atomic E-state index is 0.119. The second-order valence-corrected chi connectivity index (χ2v) is 4.76. The number of halogens is 3. The molecule has 0 aromatic rings. The molecule has 0 aromatic carbocycles. The van der Waals surface area contributed by atoms with Gasteiger partial charge in [0.05, 0.1) is 6.42 Å². The Morgan fingerprint density at radius 3 is 2.65 bits per heavy atom. The van der Waals surface area contributed by atoms with Crippen molar-refractivity contribution in [3.05, 3.63) is 0 Å². The van der Waals surface area contributed by atoms with E-state index in [1.54, 1.807) is 0 Å². The lowest BCUT2D eigenvalue weighted by Gasteiger charge is -2.21. The number of carbonyl (C=O) groups excluding carboxylic acids is 1. The van der Waals surface area contributed by atoms with Gasteiger partial charge in [0, 0.05) is 12.0 Å². The lowest BCUT2D eigenvalue weighted by Crippen LogP contribution is -2.41. The fourth-order valence-electron chi connectivity index (χ4n) is 2.41. The first-order valence-corrected chi connectivity index (χ1v) is 5.90. The van der Waals surface area contributed by atoms with Crippen molar-refractivity contribution >= 4 is 5.91 Å². The van der Waals surface area contributed by atoms with Crippen LogP contribution < -0.4 is 11.1 Å². The van der Waals surface area contributed by atoms with Crippen molar-refractivity contribution in [2.45, 2.75) is 44.8 Å². The van der Waals surface area contributed by atoms with Crippen LogP contribution in [0.5, 0.6) is 0 Å². The SMILES string of the molecule is CC(CC(F)(F)F)NC(=O)C1CCCC1CN. The van der Waals surface area contributed by atoms with E-state index in [2.05, 4.69) is 5.32 Å². The van der Waals surface area contributed by atoms with E-state index in [-0.39, 0.29) is 17.7 Å². The van der Waals surface area contributed by atoms with Crippen LogP contribution in [0.25, 0.3) is 0 Å². The number of nitrogens with one attached hydrogen (secondary N) is 1. The molecule has 0 bridgehead atoms. The molecule has 17 heavy (non-hydrogen) atoms. The third kappa shape index (κ3) is 4.53. The third-order valence-corrected chi connectivity index (χ3v) is 3.22. The average molecular weight is 252 g/mol. The Balaban J connectivity index is 2.43. The zero-order chi connectivity index (χ0) is 13.1. The highest BCUT2D eigenvalue weighted by Gasteiger charge is 2.35. The molecule has 0 aromatic heterocycles. The molecule has 1 amide bonds. The number of amides is 1. The van der Waals surface area contributed by atoms with E-state index in [1.807, 2.05) is 0 Å². The van der Waals surface area contributed by atoms with Crippen molar-refractivity contribution in [1.82, 2.24) is 5.32 Å². The average Bonchev–Trinajstić information content (AvgIpc) is 2.61. The number of alkyl halides is 3. The Bertz CT molecular complexity index is 268. The van der Waals surface area contributed by atoms with Crippen LogP contribution in [0.3, 0.4) is 0 Å². The summed E-state index contributed by atoms with van der Waals surface area (Å²) < 4.78 is 36.3. The second kappa shape index (κ2) is 5.71. The summed E-state index contributed by atoms with van der Waals surface area (Å²) in [7, 11) is 0. The van der Waals surface area contributed by atoms with Crippen LogP contribution in [0.2, 0.25) is 0 Å². The molecular formula is C11H19F3N2O. The fourth-order valence-corrected chi connectivity index (χ4v) is 2.41. The van der Waals surface area contributed by atoms with Crippen molar-refractivity contribution in [2.75, 3.05) is 6.54 Å². The van der Waals surface area contributed by atoms with E-state index in [1.165, 1.54) is 6.92 Å². The van der Waals surface area contributed by atoms with Gasteiger partial charge in [-0.25, -0.2) is 0 Å². The summed E-state index contributed by atoms with van der Waals surface area (Å²) in [4.78, 5) is 11.8. The van der Waals surface area contributed by atoms with Crippen LogP contribution >= 0.6 is 0 Å². The molecule has 0 heterocycles. The lowest BCUT2D eigenvalue weighted by atomic mass is 9.95. The minimum atomic E-state index is -4.24. The third-order valence-electron chi connectivity index (χ3n) is 3.22. The fraction of sp³-hybridized carbons (Fsp3) is 0.909. The van der Waals surface area contributed by atoms with Gasteiger partial charge in [0.15, 0.2) is 0 Å². The maximum absolute atomic E-state index is 12.1. The molecule has 3 unspecified atom stereocenters. The topological polar surface area (TPSA) is 55.1 Å². The molecular weight excluding hydrogens is 233 g/mol. The van der Waals surface area contributed by atoms with E-state index in [0.29, 0.717) is 6.54 Å². The first-order chi connectivity index (χ1) is 7.83. The quantitative estimate of drug-likeness (QED) is 0.801. The summed E-state index contributed by atoms with van der Waals surface area (Å²) in [5.74, 6) is -0.376. The Morgan fingerprint density at radius 1 is 1.47 bits per heavy atom. The van der Waals surface area contributed by atoms with Crippen molar-refractivity contribution in [2.24, 2.45) is 17.6 Å². The summed E-state index contributed by atoms with van der Waals surface area (Å²) in [6.45, 7) is 1.80. The molecule has 0 aliphatic heterocycles. The zero-order valence-corrected chi connectivity index (χ0v) is 9.89. The standard InChI is InChI=1S/C11H19F3N2O/c1-7(5-11(12,13)14)16-10(17)9-4-2-3-8(9)6-15/h7-9H,2-6,15H2,1H3,(H,16,17). The van der Waals surface area contributed by atoms with Crippen LogP contribution in [0.15, 0.2) is 0 Å². The summed E-state index contributed by atoms with van der Waals surface area (Å²) in [6.07, 6.45) is -2.68. The van der Waals surface area contributed by atoms with Gasteiger partial charge in [-0.05, 0) is 32.2 Å². The maximum Gasteiger partial charge on any atom is 0.391 e. The highest BCUT2D eigenvalue weighted by Crippen LogP contribution is 2.31. The Labute approximate surface area is 98.9 Å². The van der Waals surface area contributed by atoms with E-state index in [9.17, 15) is 18.0 Å². The van der Waals surface area contributed by atoms with E-state index in [4.69, 9.17) is 5.73 Å². The van der Waals surface area contributed by atoms with Crippen molar-refractivity contribution in [1.29, 1.82) is 0 Å². The number of nitrogens with two attached hydrogens (primary N) is 1. The normalized spacial score (nSPS) is 26.9. The molecule has 3 atom stereocenters. The predicted molar refractivity (Wildman–Crippen MR) is 58.2 cm³/mol. The number of rotatable bonds is 4. The Morgan fingerprint density at radius 2 is 2.12 bits per heavy atom. The molecule has 1 fully saturated rings. The molecule has 0 radical (unpaired) electrons. The minimum Gasteiger partial charge on any atom is -0.353 e. The largest absolute Gasteiger partial charge is 0.391 e. The van der Waals surface area contributed by atoms with Crippen LogP contribution in [0.4, 0.5) is 13.2 Å². The maximum atomic E-state index is 12.1. The van der Waals surface area contributed by atoms with Crippen LogP contribution in [0, 0.1) is 11.8 Å². The molecule has 1 rings (SSSR count). The number of hydrogen-bond donors (Lipinski definition) is 2. The van der Waals surface area contributed by atoms with Gasteiger partial charge in [0.25, 0.3) is 0 Å². The second-order valence-electron chi connectivity index (χ2n) is 4.76.